The van der Waals surface area contributed by atoms with Crippen molar-refractivity contribution in [2.75, 3.05) is 6.54 Å². The highest BCUT2D eigenvalue weighted by Gasteiger charge is 2.12. The fourth-order valence-corrected chi connectivity index (χ4v) is 1.54. The first-order valence-electron chi connectivity index (χ1n) is 5.57. The first-order chi connectivity index (χ1) is 8.49. The number of halogens is 1. The summed E-state index contributed by atoms with van der Waals surface area (Å²) in [7, 11) is 0. The van der Waals surface area contributed by atoms with E-state index < -0.39 is 12.1 Å². The van der Waals surface area contributed by atoms with Crippen molar-refractivity contribution >= 4 is 23.5 Å². The average Bonchev–Trinajstić information content (AvgIpc) is 2.30. The molecule has 0 bridgehead atoms. The Bertz CT molecular complexity index is 420. The first kappa shape index (κ1) is 14.3. The van der Waals surface area contributed by atoms with Crippen molar-refractivity contribution in [2.45, 2.75) is 19.4 Å². The Morgan fingerprint density at radius 3 is 2.50 bits per heavy atom. The fourth-order valence-electron chi connectivity index (χ4n) is 1.41. The number of carbonyl (C=O) groups excluding carboxylic acids is 2. The standard InChI is InChI=1S/C12H16ClN3O2/c1-8(16-12(14)18)11(17)15-7-6-9-2-4-10(13)5-3-9/h2-5,8H,6-7H2,1H3,(H,15,17)(H3,14,16,18)/t8-/m1/s1. The predicted molar refractivity (Wildman–Crippen MR) is 70.3 cm³/mol. The molecule has 18 heavy (non-hydrogen) atoms. The molecule has 3 amide bonds. The molecule has 1 rings (SSSR count). The molecule has 0 radical (unpaired) electrons. The molecule has 98 valence electrons. The van der Waals surface area contributed by atoms with Gasteiger partial charge in [0, 0.05) is 11.6 Å². The SMILES string of the molecule is C[C@@H](NC(N)=O)C(=O)NCCc1ccc(Cl)cc1. The number of primary amides is 1. The second-order valence-corrected chi connectivity index (χ2v) is 4.33. The molecule has 1 atom stereocenters. The van der Waals surface area contributed by atoms with Crippen LogP contribution in [0.25, 0.3) is 0 Å². The zero-order valence-electron chi connectivity index (χ0n) is 10.1. The molecule has 0 fully saturated rings. The van der Waals surface area contributed by atoms with Crippen molar-refractivity contribution < 1.29 is 9.59 Å². The van der Waals surface area contributed by atoms with E-state index in [1.54, 1.807) is 19.1 Å². The Hall–Kier alpha value is -1.75. The Balaban J connectivity index is 2.31. The smallest absolute Gasteiger partial charge is 0.312 e. The second-order valence-electron chi connectivity index (χ2n) is 3.90. The second kappa shape index (κ2) is 6.86. The van der Waals surface area contributed by atoms with Crippen LogP contribution in [0.4, 0.5) is 4.79 Å². The van der Waals surface area contributed by atoms with Crippen LogP contribution >= 0.6 is 11.6 Å². The van der Waals surface area contributed by atoms with Crippen LogP contribution in [0.3, 0.4) is 0 Å². The summed E-state index contributed by atoms with van der Waals surface area (Å²) < 4.78 is 0. The lowest BCUT2D eigenvalue weighted by Crippen LogP contribution is -2.47. The van der Waals surface area contributed by atoms with E-state index in [1.165, 1.54) is 0 Å². The summed E-state index contributed by atoms with van der Waals surface area (Å²) in [4.78, 5) is 22.1. The Morgan fingerprint density at radius 1 is 1.33 bits per heavy atom. The topological polar surface area (TPSA) is 84.2 Å². The van der Waals surface area contributed by atoms with E-state index in [0.717, 1.165) is 5.56 Å². The maximum Gasteiger partial charge on any atom is 0.312 e. The van der Waals surface area contributed by atoms with Crippen LogP contribution in [0.2, 0.25) is 5.02 Å². The molecule has 0 spiro atoms. The van der Waals surface area contributed by atoms with Gasteiger partial charge in [-0.05, 0) is 31.0 Å². The fraction of sp³-hybridized carbons (Fsp3) is 0.333. The third kappa shape index (κ3) is 5.05. The van der Waals surface area contributed by atoms with E-state index in [2.05, 4.69) is 10.6 Å². The van der Waals surface area contributed by atoms with Crippen molar-refractivity contribution in [2.24, 2.45) is 5.73 Å². The summed E-state index contributed by atoms with van der Waals surface area (Å²) in [6, 6.07) is 6.06. The van der Waals surface area contributed by atoms with Crippen molar-refractivity contribution in [1.82, 2.24) is 10.6 Å². The van der Waals surface area contributed by atoms with E-state index in [0.29, 0.717) is 18.0 Å². The molecule has 5 nitrogen and oxygen atoms in total. The summed E-state index contributed by atoms with van der Waals surface area (Å²) >= 11 is 5.76. The zero-order chi connectivity index (χ0) is 13.5. The van der Waals surface area contributed by atoms with Gasteiger partial charge in [-0.1, -0.05) is 23.7 Å². The lowest BCUT2D eigenvalue weighted by Gasteiger charge is -2.12. The molecule has 0 saturated heterocycles. The minimum absolute atomic E-state index is 0.261. The summed E-state index contributed by atoms with van der Waals surface area (Å²) in [6.07, 6.45) is 0.701. The third-order valence-corrected chi connectivity index (χ3v) is 2.63. The van der Waals surface area contributed by atoms with Gasteiger partial charge in [0.15, 0.2) is 0 Å². The number of urea groups is 1. The molecular formula is C12H16ClN3O2. The van der Waals surface area contributed by atoms with Crippen molar-refractivity contribution in [3.8, 4) is 0 Å². The van der Waals surface area contributed by atoms with Crippen LogP contribution in [-0.2, 0) is 11.2 Å². The molecule has 1 aromatic rings. The molecular weight excluding hydrogens is 254 g/mol. The van der Waals surface area contributed by atoms with Crippen molar-refractivity contribution in [3.63, 3.8) is 0 Å². The lowest BCUT2D eigenvalue weighted by molar-refractivity contribution is -0.122. The molecule has 0 aliphatic heterocycles. The van der Waals surface area contributed by atoms with Crippen LogP contribution in [0.1, 0.15) is 12.5 Å². The van der Waals surface area contributed by atoms with Gasteiger partial charge in [0.25, 0.3) is 0 Å². The molecule has 1 aromatic carbocycles. The van der Waals surface area contributed by atoms with Gasteiger partial charge in [0.1, 0.15) is 6.04 Å². The Morgan fingerprint density at radius 2 is 1.94 bits per heavy atom. The first-order valence-corrected chi connectivity index (χ1v) is 5.95. The van der Waals surface area contributed by atoms with Gasteiger partial charge in [-0.25, -0.2) is 4.79 Å². The molecule has 0 aliphatic rings. The third-order valence-electron chi connectivity index (χ3n) is 2.38. The predicted octanol–water partition coefficient (Wildman–Crippen LogP) is 1.06. The van der Waals surface area contributed by atoms with E-state index in [4.69, 9.17) is 17.3 Å². The highest BCUT2D eigenvalue weighted by molar-refractivity contribution is 6.30. The number of carbonyl (C=O) groups is 2. The molecule has 0 aromatic heterocycles. The number of rotatable bonds is 5. The highest BCUT2D eigenvalue weighted by atomic mass is 35.5. The number of hydrogen-bond donors (Lipinski definition) is 3. The van der Waals surface area contributed by atoms with Gasteiger partial charge in [-0.15, -0.1) is 0 Å². The summed E-state index contributed by atoms with van der Waals surface area (Å²) in [5.74, 6) is -0.261. The van der Waals surface area contributed by atoms with Crippen molar-refractivity contribution in [3.05, 3.63) is 34.9 Å². The molecule has 0 heterocycles. The van der Waals surface area contributed by atoms with Gasteiger partial charge in [-0.2, -0.15) is 0 Å². The van der Waals surface area contributed by atoms with E-state index in [-0.39, 0.29) is 5.91 Å². The number of amides is 3. The van der Waals surface area contributed by atoms with Crippen molar-refractivity contribution in [1.29, 1.82) is 0 Å². The minimum atomic E-state index is -0.713. The van der Waals surface area contributed by atoms with Gasteiger partial charge in [0.2, 0.25) is 5.91 Å². The lowest BCUT2D eigenvalue weighted by atomic mass is 10.1. The number of benzene rings is 1. The van der Waals surface area contributed by atoms with Crippen LogP contribution < -0.4 is 16.4 Å². The molecule has 0 aliphatic carbocycles. The maximum atomic E-state index is 11.5. The van der Waals surface area contributed by atoms with Gasteiger partial charge in [-0.3, -0.25) is 4.79 Å². The van der Waals surface area contributed by atoms with Gasteiger partial charge >= 0.3 is 6.03 Å². The van der Waals surface area contributed by atoms with E-state index in [1.807, 2.05) is 12.1 Å². The number of hydrogen-bond acceptors (Lipinski definition) is 2. The average molecular weight is 270 g/mol. The summed E-state index contributed by atoms with van der Waals surface area (Å²) in [5, 5.41) is 5.70. The molecule has 6 heteroatoms. The van der Waals surface area contributed by atoms with E-state index in [9.17, 15) is 9.59 Å². The van der Waals surface area contributed by atoms with Crippen LogP contribution in [0.15, 0.2) is 24.3 Å². The Labute approximate surface area is 111 Å². The summed E-state index contributed by atoms with van der Waals surface area (Å²) in [6.45, 7) is 2.06. The van der Waals surface area contributed by atoms with Crippen LogP contribution in [-0.4, -0.2) is 24.5 Å². The van der Waals surface area contributed by atoms with Gasteiger partial charge < -0.3 is 16.4 Å². The van der Waals surface area contributed by atoms with Crippen LogP contribution in [0.5, 0.6) is 0 Å². The monoisotopic (exact) mass is 269 g/mol. The van der Waals surface area contributed by atoms with Crippen LogP contribution in [0, 0.1) is 0 Å². The molecule has 0 saturated carbocycles. The quantitative estimate of drug-likeness (QED) is 0.747. The minimum Gasteiger partial charge on any atom is -0.354 e. The Kier molecular flexibility index (Phi) is 5.45. The molecule has 0 unspecified atom stereocenters. The molecule has 4 N–H and O–H groups in total. The highest BCUT2D eigenvalue weighted by Crippen LogP contribution is 2.09. The normalized spacial score (nSPS) is 11.7. The van der Waals surface area contributed by atoms with Gasteiger partial charge in [0.05, 0.1) is 0 Å². The summed E-state index contributed by atoms with van der Waals surface area (Å²) in [5.41, 5.74) is 6.00. The largest absolute Gasteiger partial charge is 0.354 e. The number of nitrogens with two attached hydrogens (primary N) is 1. The van der Waals surface area contributed by atoms with E-state index >= 15 is 0 Å². The maximum absolute atomic E-state index is 11.5. The number of nitrogens with one attached hydrogen (secondary N) is 2. The zero-order valence-corrected chi connectivity index (χ0v) is 10.8.